The Labute approximate surface area is 109 Å². The highest BCUT2D eigenvalue weighted by atomic mass is 15.3. The summed E-state index contributed by atoms with van der Waals surface area (Å²) < 4.78 is 0. The lowest BCUT2D eigenvalue weighted by Gasteiger charge is -2.35. The SMILES string of the molecule is CN1CCCC(N(C)Cc2cccc(NN)n2)C1. The summed E-state index contributed by atoms with van der Waals surface area (Å²) in [5.74, 6) is 6.10. The van der Waals surface area contributed by atoms with Crippen LogP contribution in [0, 0.1) is 0 Å². The van der Waals surface area contributed by atoms with Gasteiger partial charge in [0.25, 0.3) is 0 Å². The van der Waals surface area contributed by atoms with Gasteiger partial charge in [0.2, 0.25) is 0 Å². The van der Waals surface area contributed by atoms with Gasteiger partial charge in [-0.15, -0.1) is 0 Å². The van der Waals surface area contributed by atoms with Crippen molar-refractivity contribution in [3.8, 4) is 0 Å². The molecule has 0 bridgehead atoms. The van der Waals surface area contributed by atoms with Crippen molar-refractivity contribution in [2.75, 3.05) is 32.6 Å². The third-order valence-corrected chi connectivity index (χ3v) is 3.59. The van der Waals surface area contributed by atoms with E-state index in [2.05, 4.69) is 34.3 Å². The molecule has 0 saturated carbocycles. The Hall–Kier alpha value is -1.17. The first-order valence-electron chi connectivity index (χ1n) is 6.50. The Kier molecular flexibility index (Phi) is 4.52. The number of piperidine rings is 1. The summed E-state index contributed by atoms with van der Waals surface area (Å²) in [5, 5.41) is 0. The van der Waals surface area contributed by atoms with Crippen LogP contribution in [-0.2, 0) is 6.54 Å². The van der Waals surface area contributed by atoms with Crippen molar-refractivity contribution in [1.29, 1.82) is 0 Å². The number of hydrazine groups is 1. The number of nitrogens with one attached hydrogen (secondary N) is 1. The molecule has 0 aliphatic carbocycles. The van der Waals surface area contributed by atoms with E-state index in [-0.39, 0.29) is 0 Å². The van der Waals surface area contributed by atoms with Gasteiger partial charge in [-0.3, -0.25) is 4.90 Å². The third kappa shape index (κ3) is 3.41. The van der Waals surface area contributed by atoms with Crippen LogP contribution in [0.15, 0.2) is 18.2 Å². The van der Waals surface area contributed by atoms with Crippen LogP contribution in [0.3, 0.4) is 0 Å². The monoisotopic (exact) mass is 249 g/mol. The highest BCUT2D eigenvalue weighted by Crippen LogP contribution is 2.15. The van der Waals surface area contributed by atoms with Crippen LogP contribution in [-0.4, -0.2) is 48.0 Å². The second-order valence-corrected chi connectivity index (χ2v) is 5.13. The molecule has 0 spiro atoms. The fourth-order valence-electron chi connectivity index (χ4n) is 2.53. The highest BCUT2D eigenvalue weighted by Gasteiger charge is 2.21. The number of hydrogen-bond donors (Lipinski definition) is 2. The van der Waals surface area contributed by atoms with Gasteiger partial charge in [0, 0.05) is 19.1 Å². The van der Waals surface area contributed by atoms with Crippen molar-refractivity contribution in [3.05, 3.63) is 23.9 Å². The number of likely N-dealkylation sites (N-methyl/N-ethyl adjacent to an activating group) is 2. The Morgan fingerprint density at radius 1 is 1.56 bits per heavy atom. The molecule has 0 amide bonds. The Morgan fingerprint density at radius 2 is 2.39 bits per heavy atom. The number of rotatable bonds is 4. The van der Waals surface area contributed by atoms with Crippen LogP contribution < -0.4 is 11.3 Å². The van der Waals surface area contributed by atoms with Crippen molar-refractivity contribution in [2.24, 2.45) is 5.84 Å². The van der Waals surface area contributed by atoms with Gasteiger partial charge in [0.1, 0.15) is 5.82 Å². The molecule has 1 unspecified atom stereocenters. The van der Waals surface area contributed by atoms with Crippen LogP contribution >= 0.6 is 0 Å². The van der Waals surface area contributed by atoms with Crippen molar-refractivity contribution in [3.63, 3.8) is 0 Å². The van der Waals surface area contributed by atoms with Gasteiger partial charge >= 0.3 is 0 Å². The number of nitrogens with two attached hydrogens (primary N) is 1. The lowest BCUT2D eigenvalue weighted by molar-refractivity contribution is 0.128. The predicted octanol–water partition coefficient (Wildman–Crippen LogP) is 0.893. The van der Waals surface area contributed by atoms with Gasteiger partial charge in [-0.05, 0) is 45.6 Å². The van der Waals surface area contributed by atoms with E-state index < -0.39 is 0 Å². The van der Waals surface area contributed by atoms with Gasteiger partial charge in [0.05, 0.1) is 5.69 Å². The van der Waals surface area contributed by atoms with E-state index in [0.29, 0.717) is 6.04 Å². The molecule has 18 heavy (non-hydrogen) atoms. The molecule has 0 aromatic carbocycles. The Morgan fingerprint density at radius 3 is 3.11 bits per heavy atom. The van der Waals surface area contributed by atoms with Gasteiger partial charge in [0.15, 0.2) is 0 Å². The summed E-state index contributed by atoms with van der Waals surface area (Å²) in [6.07, 6.45) is 2.55. The highest BCUT2D eigenvalue weighted by molar-refractivity contribution is 5.33. The zero-order valence-corrected chi connectivity index (χ0v) is 11.3. The zero-order chi connectivity index (χ0) is 13.0. The molecule has 5 nitrogen and oxygen atoms in total. The number of pyridine rings is 1. The maximum Gasteiger partial charge on any atom is 0.140 e. The van der Waals surface area contributed by atoms with E-state index in [0.717, 1.165) is 24.6 Å². The van der Waals surface area contributed by atoms with E-state index in [1.54, 1.807) is 0 Å². The topological polar surface area (TPSA) is 57.4 Å². The summed E-state index contributed by atoms with van der Waals surface area (Å²) in [5.41, 5.74) is 3.65. The van der Waals surface area contributed by atoms with Gasteiger partial charge in [-0.25, -0.2) is 10.8 Å². The van der Waals surface area contributed by atoms with Crippen LogP contribution in [0.1, 0.15) is 18.5 Å². The fraction of sp³-hybridized carbons (Fsp3) is 0.615. The van der Waals surface area contributed by atoms with E-state index in [1.807, 2.05) is 18.2 Å². The average molecular weight is 249 g/mol. The number of likely N-dealkylation sites (tertiary alicyclic amines) is 1. The van der Waals surface area contributed by atoms with E-state index in [4.69, 9.17) is 5.84 Å². The first-order valence-corrected chi connectivity index (χ1v) is 6.50. The maximum absolute atomic E-state index is 5.38. The second-order valence-electron chi connectivity index (χ2n) is 5.13. The summed E-state index contributed by atoms with van der Waals surface area (Å²) in [4.78, 5) is 9.24. The smallest absolute Gasteiger partial charge is 0.140 e. The normalized spacial score (nSPS) is 21.2. The number of nitrogens with zero attached hydrogens (tertiary/aromatic N) is 3. The lowest BCUT2D eigenvalue weighted by atomic mass is 10.0. The minimum Gasteiger partial charge on any atom is -0.308 e. The molecule has 1 atom stereocenters. The van der Waals surface area contributed by atoms with E-state index >= 15 is 0 Å². The molecule has 100 valence electrons. The molecule has 2 rings (SSSR count). The minimum atomic E-state index is 0.625. The van der Waals surface area contributed by atoms with Crippen LogP contribution in [0.5, 0.6) is 0 Å². The Bertz CT molecular complexity index is 381. The molecule has 1 aliphatic rings. The average Bonchev–Trinajstić information content (AvgIpc) is 2.39. The molecule has 2 heterocycles. The fourth-order valence-corrected chi connectivity index (χ4v) is 2.53. The standard InChI is InChI=1S/C13H23N5/c1-17-8-4-6-12(10-17)18(2)9-11-5-3-7-13(15-11)16-14/h3,5,7,12H,4,6,8-10,14H2,1-2H3,(H,15,16). The van der Waals surface area contributed by atoms with Crippen molar-refractivity contribution in [2.45, 2.75) is 25.4 Å². The summed E-state index contributed by atoms with van der Waals surface area (Å²) in [6, 6.07) is 6.53. The Balaban J connectivity index is 1.95. The molecule has 1 saturated heterocycles. The van der Waals surface area contributed by atoms with Crippen LogP contribution in [0.2, 0.25) is 0 Å². The summed E-state index contributed by atoms with van der Waals surface area (Å²) >= 11 is 0. The van der Waals surface area contributed by atoms with Crippen molar-refractivity contribution < 1.29 is 0 Å². The van der Waals surface area contributed by atoms with E-state index in [9.17, 15) is 0 Å². The molecule has 1 aromatic rings. The van der Waals surface area contributed by atoms with E-state index in [1.165, 1.54) is 19.4 Å². The molecular formula is C13H23N5. The minimum absolute atomic E-state index is 0.625. The van der Waals surface area contributed by atoms with Gasteiger partial charge in [-0.2, -0.15) is 0 Å². The molecule has 0 radical (unpaired) electrons. The zero-order valence-electron chi connectivity index (χ0n) is 11.3. The number of anilines is 1. The molecule has 5 heteroatoms. The summed E-state index contributed by atoms with van der Waals surface area (Å²) in [6.45, 7) is 3.23. The first kappa shape index (κ1) is 13.3. The number of aromatic nitrogens is 1. The van der Waals surface area contributed by atoms with Gasteiger partial charge < -0.3 is 10.3 Å². The second kappa shape index (κ2) is 6.13. The lowest BCUT2D eigenvalue weighted by Crippen LogP contribution is -2.44. The third-order valence-electron chi connectivity index (χ3n) is 3.59. The summed E-state index contributed by atoms with van der Waals surface area (Å²) in [7, 11) is 4.37. The maximum atomic E-state index is 5.38. The van der Waals surface area contributed by atoms with Crippen LogP contribution in [0.4, 0.5) is 5.82 Å². The molecular weight excluding hydrogens is 226 g/mol. The predicted molar refractivity (Wildman–Crippen MR) is 74.0 cm³/mol. The number of nitrogen functional groups attached to an aromatic ring is 1. The molecule has 1 aliphatic heterocycles. The molecule has 1 fully saturated rings. The van der Waals surface area contributed by atoms with Crippen molar-refractivity contribution in [1.82, 2.24) is 14.8 Å². The van der Waals surface area contributed by atoms with Gasteiger partial charge in [-0.1, -0.05) is 6.07 Å². The number of hydrogen-bond acceptors (Lipinski definition) is 5. The quantitative estimate of drug-likeness (QED) is 0.613. The van der Waals surface area contributed by atoms with Crippen LogP contribution in [0.25, 0.3) is 0 Å². The van der Waals surface area contributed by atoms with Crippen molar-refractivity contribution >= 4 is 5.82 Å². The first-order chi connectivity index (χ1) is 8.69. The largest absolute Gasteiger partial charge is 0.308 e. The molecule has 3 N–H and O–H groups in total. The molecule has 1 aromatic heterocycles.